The molecule has 0 radical (unpaired) electrons. The summed E-state index contributed by atoms with van der Waals surface area (Å²) in [6.45, 7) is 4.22. The predicted octanol–water partition coefficient (Wildman–Crippen LogP) is 3.40. The Bertz CT molecular complexity index is 702. The fourth-order valence-corrected chi connectivity index (χ4v) is 3.85. The molecule has 0 aromatic heterocycles. The maximum atomic E-state index is 13.1. The summed E-state index contributed by atoms with van der Waals surface area (Å²) < 4.78 is 4.92. The number of carbonyl (C=O) groups excluding carboxylic acids is 2. The van der Waals surface area contributed by atoms with Crippen LogP contribution >= 0.6 is 0 Å². The van der Waals surface area contributed by atoms with Gasteiger partial charge in [-0.05, 0) is 63.3 Å². The minimum atomic E-state index is -0.550. The van der Waals surface area contributed by atoms with Crippen LogP contribution < -0.4 is 4.90 Å². The van der Waals surface area contributed by atoms with Crippen molar-refractivity contribution in [3.8, 4) is 0 Å². The van der Waals surface area contributed by atoms with E-state index in [4.69, 9.17) is 4.74 Å². The maximum absolute atomic E-state index is 13.1. The molecule has 140 valence electrons. The Balaban J connectivity index is 1.87. The van der Waals surface area contributed by atoms with Crippen molar-refractivity contribution in [2.75, 3.05) is 32.1 Å². The number of likely N-dealkylation sites (tertiary alicyclic amines) is 1. The Kier molecular flexibility index (Phi) is 5.64. The number of ether oxygens (including phenoxy) is 1. The molecule has 5 heteroatoms. The standard InChI is InChI=1S/C21H28N2O3/c1-15-7-12-18(22(15)2)19(21(25)26-3)20(24)16-8-10-17(11-9-16)23-13-5-4-6-14-23/h8-11,15H,4-7,12-14H2,1-3H3/b19-18+. The average Bonchev–Trinajstić information content (AvgIpc) is 3.01. The van der Waals surface area contributed by atoms with Gasteiger partial charge < -0.3 is 14.5 Å². The Morgan fingerprint density at radius 2 is 1.73 bits per heavy atom. The first-order valence-electron chi connectivity index (χ1n) is 9.47. The highest BCUT2D eigenvalue weighted by Crippen LogP contribution is 2.30. The number of rotatable bonds is 4. The second-order valence-electron chi connectivity index (χ2n) is 7.24. The third-order valence-corrected chi connectivity index (χ3v) is 5.64. The Labute approximate surface area is 155 Å². The van der Waals surface area contributed by atoms with Crippen molar-refractivity contribution in [3.63, 3.8) is 0 Å². The lowest BCUT2D eigenvalue weighted by Gasteiger charge is -2.28. The van der Waals surface area contributed by atoms with Crippen molar-refractivity contribution in [1.29, 1.82) is 0 Å². The van der Waals surface area contributed by atoms with E-state index in [1.807, 2.05) is 36.2 Å². The molecule has 2 heterocycles. The Morgan fingerprint density at radius 1 is 1.08 bits per heavy atom. The van der Waals surface area contributed by atoms with Gasteiger partial charge in [0.25, 0.3) is 0 Å². The van der Waals surface area contributed by atoms with Gasteiger partial charge in [0.1, 0.15) is 5.57 Å². The molecule has 2 aliphatic heterocycles. The molecular formula is C21H28N2O3. The van der Waals surface area contributed by atoms with E-state index in [-0.39, 0.29) is 11.4 Å². The summed E-state index contributed by atoms with van der Waals surface area (Å²) in [5, 5.41) is 0. The molecule has 26 heavy (non-hydrogen) atoms. The monoisotopic (exact) mass is 356 g/mol. The number of nitrogens with zero attached hydrogens (tertiary/aromatic N) is 2. The lowest BCUT2D eigenvalue weighted by Crippen LogP contribution is -2.29. The summed E-state index contributed by atoms with van der Waals surface area (Å²) in [5.74, 6) is -0.802. The van der Waals surface area contributed by atoms with Gasteiger partial charge in [0.05, 0.1) is 7.11 Å². The molecule has 0 N–H and O–H groups in total. The first-order chi connectivity index (χ1) is 12.5. The summed E-state index contributed by atoms with van der Waals surface area (Å²) in [5.41, 5.74) is 2.63. The number of hydrogen-bond acceptors (Lipinski definition) is 5. The number of methoxy groups -OCH3 is 1. The van der Waals surface area contributed by atoms with E-state index in [2.05, 4.69) is 11.8 Å². The molecule has 2 aliphatic rings. The molecule has 1 aromatic rings. The van der Waals surface area contributed by atoms with Gasteiger partial charge in [-0.15, -0.1) is 0 Å². The van der Waals surface area contributed by atoms with Crippen molar-refractivity contribution < 1.29 is 14.3 Å². The fourth-order valence-electron chi connectivity index (χ4n) is 3.85. The second-order valence-corrected chi connectivity index (χ2v) is 7.24. The molecule has 1 unspecified atom stereocenters. The number of esters is 1. The van der Waals surface area contributed by atoms with Crippen LogP contribution in [0.15, 0.2) is 35.5 Å². The van der Waals surface area contributed by atoms with Crippen LogP contribution in [-0.4, -0.2) is 49.9 Å². The number of benzene rings is 1. The lowest BCUT2D eigenvalue weighted by atomic mass is 9.99. The van der Waals surface area contributed by atoms with Gasteiger partial charge in [0, 0.05) is 43.1 Å². The van der Waals surface area contributed by atoms with E-state index >= 15 is 0 Å². The summed E-state index contributed by atoms with van der Waals surface area (Å²) in [6.07, 6.45) is 5.37. The van der Waals surface area contributed by atoms with Crippen LogP contribution in [-0.2, 0) is 9.53 Å². The third-order valence-electron chi connectivity index (χ3n) is 5.64. The Hall–Kier alpha value is -2.30. The zero-order valence-corrected chi connectivity index (χ0v) is 16.0. The maximum Gasteiger partial charge on any atom is 0.343 e. The summed E-state index contributed by atoms with van der Waals surface area (Å²) in [6, 6.07) is 7.94. The van der Waals surface area contributed by atoms with Gasteiger partial charge in [-0.25, -0.2) is 4.79 Å². The van der Waals surface area contributed by atoms with Crippen LogP contribution in [0.5, 0.6) is 0 Å². The highest BCUT2D eigenvalue weighted by molar-refractivity contribution is 6.24. The predicted molar refractivity (Wildman–Crippen MR) is 102 cm³/mol. The first-order valence-corrected chi connectivity index (χ1v) is 9.47. The first kappa shape index (κ1) is 18.5. The number of carbonyl (C=O) groups is 2. The van der Waals surface area contributed by atoms with E-state index in [0.717, 1.165) is 37.3 Å². The number of allylic oxidation sites excluding steroid dienone is 1. The van der Waals surface area contributed by atoms with Gasteiger partial charge in [-0.1, -0.05) is 0 Å². The van der Waals surface area contributed by atoms with Crippen molar-refractivity contribution in [2.45, 2.75) is 45.1 Å². The van der Waals surface area contributed by atoms with Crippen LogP contribution in [0.25, 0.3) is 0 Å². The highest BCUT2D eigenvalue weighted by Gasteiger charge is 2.32. The molecule has 2 fully saturated rings. The van der Waals surface area contributed by atoms with Gasteiger partial charge in [0.2, 0.25) is 5.78 Å². The molecule has 1 aromatic carbocycles. The zero-order valence-electron chi connectivity index (χ0n) is 16.0. The Morgan fingerprint density at radius 3 is 2.27 bits per heavy atom. The molecule has 0 bridgehead atoms. The van der Waals surface area contributed by atoms with E-state index in [1.54, 1.807) is 0 Å². The molecular weight excluding hydrogens is 328 g/mol. The summed E-state index contributed by atoms with van der Waals surface area (Å²) >= 11 is 0. The second kappa shape index (κ2) is 7.94. The van der Waals surface area contributed by atoms with Crippen LogP contribution in [0.1, 0.15) is 49.4 Å². The van der Waals surface area contributed by atoms with Gasteiger partial charge in [-0.3, -0.25) is 4.79 Å². The molecule has 2 saturated heterocycles. The van der Waals surface area contributed by atoms with E-state index in [1.165, 1.54) is 26.4 Å². The van der Waals surface area contributed by atoms with Gasteiger partial charge >= 0.3 is 5.97 Å². The van der Waals surface area contributed by atoms with Gasteiger partial charge in [-0.2, -0.15) is 0 Å². The SMILES string of the molecule is COC(=O)/C(C(=O)c1ccc(N2CCCCC2)cc1)=C1\CCC(C)N1C. The summed E-state index contributed by atoms with van der Waals surface area (Å²) in [7, 11) is 3.26. The van der Waals surface area contributed by atoms with E-state index < -0.39 is 5.97 Å². The number of piperidine rings is 1. The number of anilines is 1. The number of hydrogen-bond donors (Lipinski definition) is 0. The fraction of sp³-hybridized carbons (Fsp3) is 0.524. The summed E-state index contributed by atoms with van der Waals surface area (Å²) in [4.78, 5) is 29.8. The molecule has 3 rings (SSSR count). The smallest absolute Gasteiger partial charge is 0.343 e. The zero-order chi connectivity index (χ0) is 18.7. The molecule has 0 amide bonds. The molecule has 1 atom stereocenters. The minimum absolute atomic E-state index is 0.171. The van der Waals surface area contributed by atoms with E-state index in [9.17, 15) is 9.59 Å². The van der Waals surface area contributed by atoms with Crippen LogP contribution in [0.2, 0.25) is 0 Å². The van der Waals surface area contributed by atoms with Crippen LogP contribution in [0, 0.1) is 0 Å². The quantitative estimate of drug-likeness (QED) is 0.272. The minimum Gasteiger partial charge on any atom is -0.465 e. The van der Waals surface area contributed by atoms with Crippen LogP contribution in [0.4, 0.5) is 5.69 Å². The normalized spacial score (nSPS) is 22.3. The topological polar surface area (TPSA) is 49.9 Å². The molecule has 0 aliphatic carbocycles. The van der Waals surface area contributed by atoms with Crippen molar-refractivity contribution in [3.05, 3.63) is 41.1 Å². The average molecular weight is 356 g/mol. The van der Waals surface area contributed by atoms with Gasteiger partial charge in [0.15, 0.2) is 0 Å². The van der Waals surface area contributed by atoms with Crippen molar-refractivity contribution in [1.82, 2.24) is 4.90 Å². The van der Waals surface area contributed by atoms with Crippen molar-refractivity contribution in [2.24, 2.45) is 0 Å². The number of ketones is 1. The largest absolute Gasteiger partial charge is 0.465 e. The van der Waals surface area contributed by atoms with Crippen molar-refractivity contribution >= 4 is 17.4 Å². The molecule has 5 nitrogen and oxygen atoms in total. The third kappa shape index (κ3) is 3.62. The number of Topliss-reactive ketones (excluding diaryl/α,β-unsaturated/α-hetero) is 1. The molecule has 0 saturated carbocycles. The van der Waals surface area contributed by atoms with E-state index in [0.29, 0.717) is 11.6 Å². The highest BCUT2D eigenvalue weighted by atomic mass is 16.5. The lowest BCUT2D eigenvalue weighted by molar-refractivity contribution is -0.135. The van der Waals surface area contributed by atoms with Crippen LogP contribution in [0.3, 0.4) is 0 Å². The molecule has 0 spiro atoms.